The van der Waals surface area contributed by atoms with E-state index in [0.717, 1.165) is 16.6 Å². The van der Waals surface area contributed by atoms with Crippen molar-refractivity contribution in [3.05, 3.63) is 65.4 Å². The van der Waals surface area contributed by atoms with E-state index in [-0.39, 0.29) is 23.9 Å². The first kappa shape index (κ1) is 17.5. The van der Waals surface area contributed by atoms with Gasteiger partial charge in [-0.15, -0.1) is 0 Å². The molecule has 0 spiro atoms. The van der Waals surface area contributed by atoms with Gasteiger partial charge in [-0.1, -0.05) is 49.7 Å². The molecule has 0 bridgehead atoms. The highest BCUT2D eigenvalue weighted by Crippen LogP contribution is 2.25. The number of para-hydroxylation sites is 2. The molecule has 2 atom stereocenters. The number of benzene rings is 2. The predicted octanol–water partition coefficient (Wildman–Crippen LogP) is 4.76. The number of hydrogen-bond donors (Lipinski definition) is 1. The van der Waals surface area contributed by atoms with Crippen molar-refractivity contribution in [2.75, 3.05) is 0 Å². The highest BCUT2D eigenvalue weighted by molar-refractivity contribution is 6.30. The van der Waals surface area contributed by atoms with Crippen LogP contribution in [0.3, 0.4) is 0 Å². The van der Waals surface area contributed by atoms with E-state index in [4.69, 9.17) is 11.6 Å². The number of rotatable bonds is 5. The van der Waals surface area contributed by atoms with Crippen LogP contribution in [0.4, 0.5) is 0 Å². The largest absolute Gasteiger partial charge is 0.348 e. The summed E-state index contributed by atoms with van der Waals surface area (Å²) in [6, 6.07) is 15.0. The van der Waals surface area contributed by atoms with Crippen molar-refractivity contribution in [1.82, 2.24) is 14.9 Å². The molecule has 3 aromatic rings. The second kappa shape index (κ2) is 7.28. The van der Waals surface area contributed by atoms with Crippen LogP contribution in [0.2, 0.25) is 5.02 Å². The van der Waals surface area contributed by atoms with Crippen molar-refractivity contribution >= 4 is 28.5 Å². The number of amides is 1. The fourth-order valence-electron chi connectivity index (χ4n) is 3.08. The number of hydrogen-bond acceptors (Lipinski definition) is 2. The van der Waals surface area contributed by atoms with E-state index in [1.54, 1.807) is 6.33 Å². The maximum Gasteiger partial charge on any atom is 0.243 e. The van der Waals surface area contributed by atoms with Gasteiger partial charge in [-0.2, -0.15) is 0 Å². The van der Waals surface area contributed by atoms with Crippen LogP contribution >= 0.6 is 11.6 Å². The van der Waals surface area contributed by atoms with Gasteiger partial charge >= 0.3 is 0 Å². The maximum absolute atomic E-state index is 13.0. The summed E-state index contributed by atoms with van der Waals surface area (Å²) < 4.78 is 1.96. The Kier molecular flexibility index (Phi) is 5.09. The van der Waals surface area contributed by atoms with E-state index in [1.165, 1.54) is 0 Å². The van der Waals surface area contributed by atoms with Crippen LogP contribution in [0.15, 0.2) is 54.9 Å². The molecule has 130 valence electrons. The Bertz CT molecular complexity index is 870. The average Bonchev–Trinajstić information content (AvgIpc) is 2.99. The fraction of sp³-hybridized carbons (Fsp3) is 0.300. The summed E-state index contributed by atoms with van der Waals surface area (Å²) >= 11 is 5.94. The SMILES string of the molecule is CC(C)[C@@H](C(=O)N[C@@H](C)c1ccc(Cl)cc1)n1cnc2ccccc21. The monoisotopic (exact) mass is 355 g/mol. The summed E-state index contributed by atoms with van der Waals surface area (Å²) in [5, 5.41) is 3.81. The van der Waals surface area contributed by atoms with Crippen LogP contribution < -0.4 is 5.32 Å². The molecule has 25 heavy (non-hydrogen) atoms. The lowest BCUT2D eigenvalue weighted by atomic mass is 10.0. The normalized spacial score (nSPS) is 13.8. The Morgan fingerprint density at radius 1 is 1.08 bits per heavy atom. The van der Waals surface area contributed by atoms with Gasteiger partial charge in [-0.3, -0.25) is 4.79 Å². The van der Waals surface area contributed by atoms with Crippen molar-refractivity contribution < 1.29 is 4.79 Å². The third-order valence-corrected chi connectivity index (χ3v) is 4.66. The Labute approximate surface area is 152 Å². The van der Waals surface area contributed by atoms with Gasteiger partial charge in [0.1, 0.15) is 6.04 Å². The molecule has 0 radical (unpaired) electrons. The summed E-state index contributed by atoms with van der Waals surface area (Å²) in [4.78, 5) is 17.4. The Balaban J connectivity index is 1.85. The summed E-state index contributed by atoms with van der Waals surface area (Å²) in [6.45, 7) is 6.07. The molecule has 0 aliphatic rings. The number of nitrogens with one attached hydrogen (secondary N) is 1. The fourth-order valence-corrected chi connectivity index (χ4v) is 3.21. The molecule has 3 rings (SSSR count). The van der Waals surface area contributed by atoms with Crippen molar-refractivity contribution in [2.24, 2.45) is 5.92 Å². The van der Waals surface area contributed by atoms with Crippen LogP contribution in [0.5, 0.6) is 0 Å². The second-order valence-corrected chi connectivity index (χ2v) is 7.05. The molecule has 2 aromatic carbocycles. The van der Waals surface area contributed by atoms with Gasteiger partial charge < -0.3 is 9.88 Å². The molecule has 1 heterocycles. The molecule has 0 fully saturated rings. The minimum atomic E-state index is -0.317. The van der Waals surface area contributed by atoms with E-state index >= 15 is 0 Å². The van der Waals surface area contributed by atoms with Crippen LogP contribution in [0.1, 0.15) is 38.4 Å². The van der Waals surface area contributed by atoms with Gasteiger partial charge in [0.15, 0.2) is 0 Å². The molecule has 1 amide bonds. The first-order valence-corrected chi connectivity index (χ1v) is 8.82. The van der Waals surface area contributed by atoms with Crippen molar-refractivity contribution in [1.29, 1.82) is 0 Å². The minimum Gasteiger partial charge on any atom is -0.348 e. The number of imidazole rings is 1. The van der Waals surface area contributed by atoms with E-state index in [1.807, 2.05) is 73.9 Å². The van der Waals surface area contributed by atoms with Crippen molar-refractivity contribution in [3.63, 3.8) is 0 Å². The van der Waals surface area contributed by atoms with Gasteiger partial charge in [-0.25, -0.2) is 4.98 Å². The van der Waals surface area contributed by atoms with E-state index in [0.29, 0.717) is 5.02 Å². The lowest BCUT2D eigenvalue weighted by Crippen LogP contribution is -2.36. The molecule has 0 saturated carbocycles. The van der Waals surface area contributed by atoms with Crippen LogP contribution in [-0.4, -0.2) is 15.5 Å². The first-order valence-electron chi connectivity index (χ1n) is 8.45. The number of fused-ring (bicyclic) bond motifs is 1. The highest BCUT2D eigenvalue weighted by atomic mass is 35.5. The molecule has 4 nitrogen and oxygen atoms in total. The van der Waals surface area contributed by atoms with Crippen molar-refractivity contribution in [2.45, 2.75) is 32.9 Å². The van der Waals surface area contributed by atoms with Crippen molar-refractivity contribution in [3.8, 4) is 0 Å². The third kappa shape index (κ3) is 3.69. The standard InChI is InChI=1S/C20H22ClN3O/c1-13(2)19(24-12-22-17-6-4-5-7-18(17)24)20(25)23-14(3)15-8-10-16(21)11-9-15/h4-14,19H,1-3H3,(H,23,25)/t14-,19-/m0/s1. The van der Waals surface area contributed by atoms with Gasteiger partial charge in [0.25, 0.3) is 0 Å². The number of nitrogens with zero attached hydrogens (tertiary/aromatic N) is 2. The molecular formula is C20H22ClN3O. The Hall–Kier alpha value is -2.33. The summed E-state index contributed by atoms with van der Waals surface area (Å²) in [6.07, 6.45) is 1.75. The Morgan fingerprint density at radius 3 is 2.44 bits per heavy atom. The molecule has 0 unspecified atom stereocenters. The van der Waals surface area contributed by atoms with Gasteiger partial charge in [-0.05, 0) is 42.7 Å². The number of carbonyl (C=O) groups is 1. The van der Waals surface area contributed by atoms with E-state index in [9.17, 15) is 4.79 Å². The maximum atomic E-state index is 13.0. The first-order chi connectivity index (χ1) is 12.0. The number of halogens is 1. The van der Waals surface area contributed by atoms with Gasteiger partial charge in [0.05, 0.1) is 23.4 Å². The summed E-state index contributed by atoms with van der Waals surface area (Å²) in [5.74, 6) is 0.121. The summed E-state index contributed by atoms with van der Waals surface area (Å²) in [5.41, 5.74) is 2.89. The zero-order valence-corrected chi connectivity index (χ0v) is 15.4. The molecule has 1 aromatic heterocycles. The smallest absolute Gasteiger partial charge is 0.243 e. The molecular weight excluding hydrogens is 334 g/mol. The Morgan fingerprint density at radius 2 is 1.76 bits per heavy atom. The molecule has 0 saturated heterocycles. The topological polar surface area (TPSA) is 46.9 Å². The number of carbonyl (C=O) groups excluding carboxylic acids is 1. The predicted molar refractivity (Wildman–Crippen MR) is 102 cm³/mol. The zero-order chi connectivity index (χ0) is 18.0. The average molecular weight is 356 g/mol. The van der Waals surface area contributed by atoms with Crippen LogP contribution in [-0.2, 0) is 4.79 Å². The molecule has 1 N–H and O–H groups in total. The molecule has 0 aliphatic carbocycles. The van der Waals surface area contributed by atoms with Crippen LogP contribution in [0.25, 0.3) is 11.0 Å². The third-order valence-electron chi connectivity index (χ3n) is 4.41. The van der Waals surface area contributed by atoms with E-state index < -0.39 is 0 Å². The molecule has 5 heteroatoms. The van der Waals surface area contributed by atoms with Gasteiger partial charge in [0.2, 0.25) is 5.91 Å². The van der Waals surface area contributed by atoms with E-state index in [2.05, 4.69) is 10.3 Å². The minimum absolute atomic E-state index is 0.0133. The van der Waals surface area contributed by atoms with Gasteiger partial charge in [0, 0.05) is 5.02 Å². The quantitative estimate of drug-likeness (QED) is 0.717. The molecule has 0 aliphatic heterocycles. The zero-order valence-electron chi connectivity index (χ0n) is 14.6. The second-order valence-electron chi connectivity index (χ2n) is 6.61. The number of aromatic nitrogens is 2. The summed E-state index contributed by atoms with van der Waals surface area (Å²) in [7, 11) is 0. The van der Waals surface area contributed by atoms with Crippen LogP contribution in [0, 0.1) is 5.92 Å². The highest BCUT2D eigenvalue weighted by Gasteiger charge is 2.26. The lowest BCUT2D eigenvalue weighted by molar-refractivity contribution is -0.126. The lowest BCUT2D eigenvalue weighted by Gasteiger charge is -2.25.